The summed E-state index contributed by atoms with van der Waals surface area (Å²) in [7, 11) is 0. The molecule has 1 aliphatic carbocycles. The molecule has 112 valence electrons. The Morgan fingerprint density at radius 1 is 1.50 bits per heavy atom. The van der Waals surface area contributed by atoms with Crippen molar-refractivity contribution >= 4 is 17.4 Å². The summed E-state index contributed by atoms with van der Waals surface area (Å²) >= 11 is 1.72. The Bertz CT molecular complexity index is 408. The van der Waals surface area contributed by atoms with Gasteiger partial charge in [-0.15, -0.1) is 11.3 Å². The van der Waals surface area contributed by atoms with Crippen molar-refractivity contribution < 1.29 is 9.90 Å². The Morgan fingerprint density at radius 3 is 3.00 bits per heavy atom. The van der Waals surface area contributed by atoms with Gasteiger partial charge in [0.05, 0.1) is 0 Å². The molecule has 0 aromatic carbocycles. The molecule has 1 aromatic rings. The van der Waals surface area contributed by atoms with E-state index in [1.807, 2.05) is 6.07 Å². The number of aliphatic hydroxyl groups excluding tert-OH is 1. The molecule has 3 atom stereocenters. The van der Waals surface area contributed by atoms with E-state index in [2.05, 4.69) is 29.0 Å². The number of urea groups is 1. The molecule has 1 aromatic heterocycles. The molecule has 1 heterocycles. The summed E-state index contributed by atoms with van der Waals surface area (Å²) in [6.45, 7) is 2.92. The minimum absolute atomic E-state index is 0.112. The maximum absolute atomic E-state index is 11.9. The van der Waals surface area contributed by atoms with Gasteiger partial charge in [0.15, 0.2) is 0 Å². The molecule has 0 aliphatic heterocycles. The molecule has 0 radical (unpaired) electrons. The topological polar surface area (TPSA) is 61.4 Å². The van der Waals surface area contributed by atoms with Crippen LogP contribution in [0.2, 0.25) is 0 Å². The number of aliphatic hydroxyl groups is 1. The predicted molar refractivity (Wildman–Crippen MR) is 82.1 cm³/mol. The fraction of sp³-hybridized carbons (Fsp3) is 0.667. The highest BCUT2D eigenvalue weighted by atomic mass is 32.1. The van der Waals surface area contributed by atoms with Gasteiger partial charge in [0.2, 0.25) is 0 Å². The first-order valence-corrected chi connectivity index (χ1v) is 8.27. The molecule has 1 fully saturated rings. The molecule has 20 heavy (non-hydrogen) atoms. The highest BCUT2D eigenvalue weighted by Gasteiger charge is 2.25. The van der Waals surface area contributed by atoms with Gasteiger partial charge in [0, 0.05) is 35.9 Å². The lowest BCUT2D eigenvalue weighted by Gasteiger charge is -2.31. The van der Waals surface area contributed by atoms with Crippen LogP contribution in [0, 0.1) is 5.92 Å². The lowest BCUT2D eigenvalue weighted by molar-refractivity contribution is 0.153. The normalized spacial score (nSPS) is 24.1. The summed E-state index contributed by atoms with van der Waals surface area (Å²) in [5, 5.41) is 17.4. The number of nitrogens with one attached hydrogen (secondary N) is 2. The van der Waals surface area contributed by atoms with E-state index in [-0.39, 0.29) is 24.6 Å². The molecule has 1 saturated carbocycles. The number of thiophene rings is 1. The number of hydrogen-bond donors (Lipinski definition) is 3. The van der Waals surface area contributed by atoms with Crippen LogP contribution in [0.3, 0.4) is 0 Å². The minimum Gasteiger partial charge on any atom is -0.396 e. The van der Waals surface area contributed by atoms with Gasteiger partial charge in [0.25, 0.3) is 0 Å². The van der Waals surface area contributed by atoms with Crippen LogP contribution in [0.5, 0.6) is 0 Å². The first kappa shape index (κ1) is 15.3. The largest absolute Gasteiger partial charge is 0.396 e. The molecule has 0 saturated heterocycles. The maximum Gasteiger partial charge on any atom is 0.315 e. The van der Waals surface area contributed by atoms with Crippen LogP contribution in [0.4, 0.5) is 4.79 Å². The summed E-state index contributed by atoms with van der Waals surface area (Å²) in [6.07, 6.45) is 4.26. The zero-order chi connectivity index (χ0) is 14.4. The summed E-state index contributed by atoms with van der Waals surface area (Å²) in [5.74, 6) is 0.546. The zero-order valence-corrected chi connectivity index (χ0v) is 12.8. The van der Waals surface area contributed by atoms with Gasteiger partial charge < -0.3 is 15.7 Å². The van der Waals surface area contributed by atoms with Crippen LogP contribution in [0.1, 0.15) is 43.4 Å². The fourth-order valence-electron chi connectivity index (χ4n) is 2.75. The SMILES string of the molecule is C[C@H](CNC(=O)N[C@H]1CCCC[C@H]1CO)c1cccs1. The van der Waals surface area contributed by atoms with E-state index in [9.17, 15) is 9.90 Å². The molecule has 0 spiro atoms. The number of carbonyl (C=O) groups is 1. The smallest absolute Gasteiger partial charge is 0.315 e. The fourth-order valence-corrected chi connectivity index (χ4v) is 3.54. The van der Waals surface area contributed by atoms with Crippen molar-refractivity contribution in [3.63, 3.8) is 0 Å². The average Bonchev–Trinajstić information content (AvgIpc) is 2.99. The van der Waals surface area contributed by atoms with Crippen molar-refractivity contribution in [3.8, 4) is 0 Å². The third-order valence-electron chi connectivity index (χ3n) is 4.06. The van der Waals surface area contributed by atoms with E-state index >= 15 is 0 Å². The van der Waals surface area contributed by atoms with Crippen LogP contribution in [0.15, 0.2) is 17.5 Å². The zero-order valence-electron chi connectivity index (χ0n) is 12.0. The first-order valence-electron chi connectivity index (χ1n) is 7.39. The Kier molecular flexibility index (Phi) is 5.86. The summed E-state index contributed by atoms with van der Waals surface area (Å²) in [4.78, 5) is 13.2. The molecule has 2 rings (SSSR count). The lowest BCUT2D eigenvalue weighted by atomic mass is 9.85. The molecule has 5 heteroatoms. The number of hydrogen-bond acceptors (Lipinski definition) is 3. The standard InChI is InChI=1S/C15H24N2O2S/c1-11(14-7-4-8-20-14)9-16-15(19)17-13-6-3-2-5-12(13)10-18/h4,7-8,11-13,18H,2-3,5-6,9-10H2,1H3,(H2,16,17,19)/t11-,12+,13+/m1/s1. The highest BCUT2D eigenvalue weighted by Crippen LogP contribution is 2.24. The Hall–Kier alpha value is -1.07. The molecule has 2 amide bonds. The Labute approximate surface area is 124 Å². The third-order valence-corrected chi connectivity index (χ3v) is 5.16. The summed E-state index contributed by atoms with van der Waals surface area (Å²) < 4.78 is 0. The second-order valence-electron chi connectivity index (χ2n) is 5.60. The van der Waals surface area contributed by atoms with E-state index in [0.717, 1.165) is 25.7 Å². The van der Waals surface area contributed by atoms with Gasteiger partial charge in [-0.25, -0.2) is 4.79 Å². The second kappa shape index (κ2) is 7.64. The van der Waals surface area contributed by atoms with Crippen molar-refractivity contribution in [2.24, 2.45) is 5.92 Å². The van der Waals surface area contributed by atoms with Crippen molar-refractivity contribution in [1.82, 2.24) is 10.6 Å². The Balaban J connectivity index is 1.74. The van der Waals surface area contributed by atoms with Crippen molar-refractivity contribution in [2.45, 2.75) is 44.6 Å². The number of carbonyl (C=O) groups excluding carboxylic acids is 1. The van der Waals surface area contributed by atoms with Crippen molar-refractivity contribution in [1.29, 1.82) is 0 Å². The van der Waals surface area contributed by atoms with E-state index < -0.39 is 0 Å². The van der Waals surface area contributed by atoms with E-state index in [4.69, 9.17) is 0 Å². The van der Waals surface area contributed by atoms with Gasteiger partial charge >= 0.3 is 6.03 Å². The third kappa shape index (κ3) is 4.21. The second-order valence-corrected chi connectivity index (χ2v) is 6.58. The minimum atomic E-state index is -0.112. The molecular formula is C15H24N2O2S. The quantitative estimate of drug-likeness (QED) is 0.782. The van der Waals surface area contributed by atoms with E-state index in [1.54, 1.807) is 11.3 Å². The van der Waals surface area contributed by atoms with Crippen molar-refractivity contribution in [3.05, 3.63) is 22.4 Å². The Morgan fingerprint density at radius 2 is 2.30 bits per heavy atom. The van der Waals surface area contributed by atoms with E-state index in [1.165, 1.54) is 4.88 Å². The van der Waals surface area contributed by atoms with Gasteiger partial charge in [-0.05, 0) is 24.3 Å². The highest BCUT2D eigenvalue weighted by molar-refractivity contribution is 7.10. The number of rotatable bonds is 5. The monoisotopic (exact) mass is 296 g/mol. The maximum atomic E-state index is 11.9. The molecule has 0 bridgehead atoms. The summed E-state index contributed by atoms with van der Waals surface area (Å²) in [5.41, 5.74) is 0. The van der Waals surface area contributed by atoms with Gasteiger partial charge in [-0.1, -0.05) is 25.8 Å². The average molecular weight is 296 g/mol. The molecule has 4 nitrogen and oxygen atoms in total. The first-order chi connectivity index (χ1) is 9.70. The van der Waals surface area contributed by atoms with Gasteiger partial charge in [-0.2, -0.15) is 0 Å². The van der Waals surface area contributed by atoms with Gasteiger partial charge in [0.1, 0.15) is 0 Å². The van der Waals surface area contributed by atoms with Gasteiger partial charge in [-0.3, -0.25) is 0 Å². The molecule has 0 unspecified atom stereocenters. The summed E-state index contributed by atoms with van der Waals surface area (Å²) in [6, 6.07) is 4.13. The van der Waals surface area contributed by atoms with E-state index in [0.29, 0.717) is 12.5 Å². The molecular weight excluding hydrogens is 272 g/mol. The van der Waals surface area contributed by atoms with Crippen LogP contribution in [-0.2, 0) is 0 Å². The van der Waals surface area contributed by atoms with Crippen LogP contribution < -0.4 is 10.6 Å². The molecule has 1 aliphatic rings. The van der Waals surface area contributed by atoms with Crippen LogP contribution >= 0.6 is 11.3 Å². The molecule has 3 N–H and O–H groups in total. The van der Waals surface area contributed by atoms with Crippen LogP contribution in [-0.4, -0.2) is 30.3 Å². The number of amides is 2. The lowest BCUT2D eigenvalue weighted by Crippen LogP contribution is -2.48. The van der Waals surface area contributed by atoms with Crippen molar-refractivity contribution in [2.75, 3.05) is 13.2 Å². The van der Waals surface area contributed by atoms with Crippen LogP contribution in [0.25, 0.3) is 0 Å². The predicted octanol–water partition coefficient (Wildman–Crippen LogP) is 2.70.